The molecule has 2 rings (SSSR count). The lowest BCUT2D eigenvalue weighted by molar-refractivity contribution is 0.0697. The van der Waals surface area contributed by atoms with E-state index in [2.05, 4.69) is 11.9 Å². The van der Waals surface area contributed by atoms with Gasteiger partial charge in [0.15, 0.2) is 0 Å². The zero-order chi connectivity index (χ0) is 14.0. The lowest BCUT2D eigenvalue weighted by Crippen LogP contribution is -2.39. The summed E-state index contributed by atoms with van der Waals surface area (Å²) in [4.78, 5) is 17.4. The van der Waals surface area contributed by atoms with Gasteiger partial charge < -0.3 is 10.0 Å². The van der Waals surface area contributed by atoms with E-state index >= 15 is 0 Å². The number of aromatic carboxylic acids is 1. The molecular weight excluding hydrogens is 264 g/mol. The fraction of sp³-hybridized carbons (Fsp3) is 0.571. The van der Waals surface area contributed by atoms with Crippen LogP contribution in [0.15, 0.2) is 12.3 Å². The molecule has 0 aliphatic heterocycles. The number of anilines is 1. The topological polar surface area (TPSA) is 53.4 Å². The van der Waals surface area contributed by atoms with Crippen molar-refractivity contribution in [3.05, 3.63) is 22.8 Å². The van der Waals surface area contributed by atoms with Crippen LogP contribution < -0.4 is 4.90 Å². The van der Waals surface area contributed by atoms with Crippen LogP contribution >= 0.6 is 11.6 Å². The smallest absolute Gasteiger partial charge is 0.337 e. The fourth-order valence-electron chi connectivity index (χ4n) is 2.87. The Kier molecular flexibility index (Phi) is 4.30. The molecule has 1 N–H and O–H groups in total. The number of aromatic nitrogens is 1. The molecule has 0 amide bonds. The minimum atomic E-state index is -1.02. The van der Waals surface area contributed by atoms with E-state index in [0.717, 1.165) is 6.42 Å². The van der Waals surface area contributed by atoms with Crippen molar-refractivity contribution in [2.75, 3.05) is 11.9 Å². The first-order valence-corrected chi connectivity index (χ1v) is 7.00. The Hall–Kier alpha value is -1.29. The minimum Gasteiger partial charge on any atom is -0.478 e. The van der Waals surface area contributed by atoms with Gasteiger partial charge in [0.05, 0.1) is 10.6 Å². The molecule has 1 aliphatic carbocycles. The van der Waals surface area contributed by atoms with E-state index in [1.165, 1.54) is 31.5 Å². The molecule has 5 heteroatoms. The summed E-state index contributed by atoms with van der Waals surface area (Å²) >= 11 is 6.18. The van der Waals surface area contributed by atoms with E-state index in [9.17, 15) is 4.79 Å². The second-order valence-electron chi connectivity index (χ2n) is 5.24. The van der Waals surface area contributed by atoms with Crippen LogP contribution in [0.1, 0.15) is 43.0 Å². The van der Waals surface area contributed by atoms with E-state index in [0.29, 0.717) is 17.8 Å². The minimum absolute atomic E-state index is 0.113. The third-order valence-corrected chi connectivity index (χ3v) is 4.37. The van der Waals surface area contributed by atoms with Crippen molar-refractivity contribution in [3.63, 3.8) is 0 Å². The maximum Gasteiger partial charge on any atom is 0.337 e. The highest BCUT2D eigenvalue weighted by Gasteiger charge is 2.27. The first-order chi connectivity index (χ1) is 9.02. The molecule has 0 spiro atoms. The van der Waals surface area contributed by atoms with Crippen molar-refractivity contribution in [1.82, 2.24) is 4.98 Å². The average molecular weight is 283 g/mol. The summed E-state index contributed by atoms with van der Waals surface area (Å²) in [5, 5.41) is 9.34. The molecule has 0 aromatic carbocycles. The monoisotopic (exact) mass is 282 g/mol. The summed E-state index contributed by atoms with van der Waals surface area (Å²) in [6.45, 7) is 2.23. The highest BCUT2D eigenvalue weighted by molar-refractivity contribution is 6.35. The summed E-state index contributed by atoms with van der Waals surface area (Å²) in [6, 6.07) is 1.81. The van der Waals surface area contributed by atoms with E-state index in [1.807, 2.05) is 11.9 Å². The fourth-order valence-corrected chi connectivity index (χ4v) is 3.20. The number of rotatable bonds is 3. The normalized spacial score (nSPS) is 23.1. The van der Waals surface area contributed by atoms with E-state index < -0.39 is 5.97 Å². The Morgan fingerprint density at radius 3 is 2.79 bits per heavy atom. The van der Waals surface area contributed by atoms with Gasteiger partial charge >= 0.3 is 5.97 Å². The molecule has 1 fully saturated rings. The van der Waals surface area contributed by atoms with Gasteiger partial charge in [-0.15, -0.1) is 0 Å². The van der Waals surface area contributed by atoms with Gasteiger partial charge in [0.2, 0.25) is 0 Å². The van der Waals surface area contributed by atoms with Crippen molar-refractivity contribution >= 4 is 23.4 Å². The third-order valence-electron chi connectivity index (χ3n) is 4.00. The Labute approximate surface area is 118 Å². The molecule has 1 aromatic rings. The van der Waals surface area contributed by atoms with Gasteiger partial charge in [-0.25, -0.2) is 9.78 Å². The van der Waals surface area contributed by atoms with Crippen molar-refractivity contribution < 1.29 is 9.90 Å². The number of hydrogen-bond donors (Lipinski definition) is 1. The van der Waals surface area contributed by atoms with Gasteiger partial charge in [-0.3, -0.25) is 0 Å². The molecule has 2 atom stereocenters. The molecule has 0 radical (unpaired) electrons. The predicted octanol–water partition coefficient (Wildman–Crippen LogP) is 3.45. The maximum absolute atomic E-state index is 11.1. The van der Waals surface area contributed by atoms with Crippen molar-refractivity contribution in [2.24, 2.45) is 5.92 Å². The SMILES string of the molecule is CC1CCCCC1N(C)c1nccc(C(=O)O)c1Cl. The molecular formula is C14H19ClN2O2. The van der Waals surface area contributed by atoms with Crippen LogP contribution in [0, 0.1) is 5.92 Å². The zero-order valence-electron chi connectivity index (χ0n) is 11.3. The van der Waals surface area contributed by atoms with Gasteiger partial charge in [-0.1, -0.05) is 31.4 Å². The Bertz CT molecular complexity index is 479. The average Bonchev–Trinajstić information content (AvgIpc) is 2.38. The zero-order valence-corrected chi connectivity index (χ0v) is 12.0. The van der Waals surface area contributed by atoms with Crippen LogP contribution in [0.3, 0.4) is 0 Å². The lowest BCUT2D eigenvalue weighted by atomic mass is 9.85. The maximum atomic E-state index is 11.1. The summed E-state index contributed by atoms with van der Waals surface area (Å²) in [5.74, 6) is 0.129. The van der Waals surface area contributed by atoms with E-state index in [4.69, 9.17) is 16.7 Å². The highest BCUT2D eigenvalue weighted by atomic mass is 35.5. The van der Waals surface area contributed by atoms with E-state index in [-0.39, 0.29) is 10.6 Å². The first kappa shape index (κ1) is 14.1. The molecule has 2 unspecified atom stereocenters. The Morgan fingerprint density at radius 2 is 2.16 bits per heavy atom. The molecule has 0 saturated heterocycles. The van der Waals surface area contributed by atoms with Crippen molar-refractivity contribution in [2.45, 2.75) is 38.6 Å². The molecule has 0 bridgehead atoms. The lowest BCUT2D eigenvalue weighted by Gasteiger charge is -2.37. The third kappa shape index (κ3) is 2.84. The number of pyridine rings is 1. The van der Waals surface area contributed by atoms with Crippen LogP contribution in [-0.4, -0.2) is 29.1 Å². The molecule has 19 heavy (non-hydrogen) atoms. The number of carboxylic acids is 1. The second kappa shape index (κ2) is 5.78. The van der Waals surface area contributed by atoms with Crippen LogP contribution in [0.4, 0.5) is 5.82 Å². The predicted molar refractivity (Wildman–Crippen MR) is 76.0 cm³/mol. The van der Waals surface area contributed by atoms with Gasteiger partial charge in [0.25, 0.3) is 0 Å². The summed E-state index contributed by atoms with van der Waals surface area (Å²) in [6.07, 6.45) is 6.28. The molecule has 1 heterocycles. The first-order valence-electron chi connectivity index (χ1n) is 6.63. The highest BCUT2D eigenvalue weighted by Crippen LogP contribution is 2.33. The van der Waals surface area contributed by atoms with Crippen molar-refractivity contribution in [3.8, 4) is 0 Å². The van der Waals surface area contributed by atoms with Crippen LogP contribution in [0.2, 0.25) is 5.02 Å². The summed E-state index contributed by atoms with van der Waals surface area (Å²) < 4.78 is 0. The van der Waals surface area contributed by atoms with Crippen LogP contribution in [-0.2, 0) is 0 Å². The van der Waals surface area contributed by atoms with Gasteiger partial charge in [0, 0.05) is 19.3 Å². The van der Waals surface area contributed by atoms with Gasteiger partial charge in [0.1, 0.15) is 5.82 Å². The van der Waals surface area contributed by atoms with Crippen molar-refractivity contribution in [1.29, 1.82) is 0 Å². The quantitative estimate of drug-likeness (QED) is 0.922. The Morgan fingerprint density at radius 1 is 1.47 bits per heavy atom. The number of hydrogen-bond acceptors (Lipinski definition) is 3. The number of carbonyl (C=O) groups is 1. The molecule has 1 aromatic heterocycles. The standard InChI is InChI=1S/C14H19ClN2O2/c1-9-5-3-4-6-11(9)17(2)13-12(15)10(14(18)19)7-8-16-13/h7-9,11H,3-6H2,1-2H3,(H,18,19). The summed E-state index contributed by atoms with van der Waals surface area (Å²) in [5.41, 5.74) is 0.113. The summed E-state index contributed by atoms with van der Waals surface area (Å²) in [7, 11) is 1.95. The number of nitrogens with zero attached hydrogens (tertiary/aromatic N) is 2. The largest absolute Gasteiger partial charge is 0.478 e. The van der Waals surface area contributed by atoms with Gasteiger partial charge in [-0.05, 0) is 24.8 Å². The number of halogens is 1. The molecule has 1 aliphatic rings. The van der Waals surface area contributed by atoms with Crippen LogP contribution in [0.5, 0.6) is 0 Å². The second-order valence-corrected chi connectivity index (χ2v) is 5.62. The van der Waals surface area contributed by atoms with Gasteiger partial charge in [-0.2, -0.15) is 0 Å². The van der Waals surface area contributed by atoms with E-state index in [1.54, 1.807) is 0 Å². The molecule has 1 saturated carbocycles. The molecule has 104 valence electrons. The number of carboxylic acid groups (broad SMARTS) is 1. The van der Waals surface area contributed by atoms with Crippen LogP contribution in [0.25, 0.3) is 0 Å². The Balaban J connectivity index is 2.30. The molecule has 4 nitrogen and oxygen atoms in total.